The Morgan fingerprint density at radius 3 is 2.79 bits per heavy atom. The summed E-state index contributed by atoms with van der Waals surface area (Å²) >= 11 is 7.67. The first-order chi connectivity index (χ1) is 13.6. The fourth-order valence-corrected chi connectivity index (χ4v) is 3.90. The minimum absolute atomic E-state index is 0.0235. The molecule has 1 N–H and O–H groups in total. The SMILES string of the molecule is COc1ccc(Cl)cc1C(=O)Nc1ccc(C2=NOC(c3cccs3)C2)cc1. The van der Waals surface area contributed by atoms with Crippen molar-refractivity contribution in [3.63, 3.8) is 0 Å². The van der Waals surface area contributed by atoms with E-state index in [-0.39, 0.29) is 12.0 Å². The van der Waals surface area contributed by atoms with Crippen LogP contribution in [0, 0.1) is 0 Å². The van der Waals surface area contributed by atoms with Gasteiger partial charge in [0, 0.05) is 22.0 Å². The number of halogens is 1. The van der Waals surface area contributed by atoms with E-state index in [1.807, 2.05) is 35.7 Å². The van der Waals surface area contributed by atoms with Crippen molar-refractivity contribution in [3.8, 4) is 5.75 Å². The molecule has 1 unspecified atom stereocenters. The van der Waals surface area contributed by atoms with Crippen molar-refractivity contribution in [2.24, 2.45) is 5.16 Å². The van der Waals surface area contributed by atoms with Crippen molar-refractivity contribution in [2.75, 3.05) is 12.4 Å². The maximum Gasteiger partial charge on any atom is 0.259 e. The van der Waals surface area contributed by atoms with Crippen LogP contribution in [-0.4, -0.2) is 18.7 Å². The zero-order chi connectivity index (χ0) is 19.5. The van der Waals surface area contributed by atoms with Crippen LogP contribution in [0.2, 0.25) is 5.02 Å². The second kappa shape index (κ2) is 8.04. The van der Waals surface area contributed by atoms with Gasteiger partial charge >= 0.3 is 0 Å². The first kappa shape index (κ1) is 18.5. The number of hydrogen-bond donors (Lipinski definition) is 1. The number of thiophene rings is 1. The van der Waals surface area contributed by atoms with Gasteiger partial charge in [0.2, 0.25) is 0 Å². The van der Waals surface area contributed by atoms with Gasteiger partial charge in [-0.05, 0) is 47.3 Å². The van der Waals surface area contributed by atoms with Gasteiger partial charge in [-0.3, -0.25) is 4.79 Å². The quantitative estimate of drug-likeness (QED) is 0.599. The van der Waals surface area contributed by atoms with Gasteiger partial charge in [-0.15, -0.1) is 11.3 Å². The molecule has 0 bridgehead atoms. The van der Waals surface area contributed by atoms with Crippen molar-refractivity contribution in [1.82, 2.24) is 0 Å². The molecule has 1 aliphatic rings. The molecular formula is C21H17ClN2O3S. The molecule has 0 radical (unpaired) electrons. The van der Waals surface area contributed by atoms with Crippen molar-refractivity contribution < 1.29 is 14.4 Å². The number of nitrogens with one attached hydrogen (secondary N) is 1. The Hall–Kier alpha value is -2.83. The Morgan fingerprint density at radius 1 is 1.25 bits per heavy atom. The number of carbonyl (C=O) groups excluding carboxylic acids is 1. The molecule has 2 aromatic carbocycles. The highest BCUT2D eigenvalue weighted by Crippen LogP contribution is 2.32. The summed E-state index contributed by atoms with van der Waals surface area (Å²) in [5.41, 5.74) is 2.92. The van der Waals surface area contributed by atoms with Gasteiger partial charge in [0.25, 0.3) is 5.91 Å². The molecule has 1 aromatic heterocycles. The van der Waals surface area contributed by atoms with Crippen molar-refractivity contribution in [2.45, 2.75) is 12.5 Å². The molecule has 142 valence electrons. The minimum Gasteiger partial charge on any atom is -0.496 e. The van der Waals surface area contributed by atoms with Crippen LogP contribution in [0.5, 0.6) is 5.75 Å². The van der Waals surface area contributed by atoms with Crippen LogP contribution in [0.1, 0.15) is 33.3 Å². The molecule has 28 heavy (non-hydrogen) atoms. The van der Waals surface area contributed by atoms with Gasteiger partial charge in [-0.25, -0.2) is 0 Å². The normalized spacial score (nSPS) is 15.6. The Balaban J connectivity index is 1.44. The van der Waals surface area contributed by atoms with Crippen molar-refractivity contribution in [3.05, 3.63) is 81.0 Å². The molecule has 0 saturated heterocycles. The summed E-state index contributed by atoms with van der Waals surface area (Å²) < 4.78 is 5.24. The van der Waals surface area contributed by atoms with E-state index in [0.29, 0.717) is 22.0 Å². The molecule has 1 amide bonds. The number of nitrogens with zero attached hydrogens (tertiary/aromatic N) is 1. The predicted molar refractivity (Wildman–Crippen MR) is 112 cm³/mol. The fraction of sp³-hybridized carbons (Fsp3) is 0.143. The van der Waals surface area contributed by atoms with Crippen LogP contribution < -0.4 is 10.1 Å². The molecule has 2 heterocycles. The Morgan fingerprint density at radius 2 is 2.07 bits per heavy atom. The average molecular weight is 413 g/mol. The summed E-state index contributed by atoms with van der Waals surface area (Å²) in [5.74, 6) is 0.182. The number of benzene rings is 2. The number of rotatable bonds is 5. The Labute approximate surface area is 171 Å². The van der Waals surface area contributed by atoms with Crippen LogP contribution in [0.3, 0.4) is 0 Å². The fourth-order valence-electron chi connectivity index (χ4n) is 2.98. The molecule has 0 aliphatic carbocycles. The molecule has 0 spiro atoms. The largest absolute Gasteiger partial charge is 0.496 e. The Kier molecular flexibility index (Phi) is 5.32. The lowest BCUT2D eigenvalue weighted by Gasteiger charge is -2.10. The zero-order valence-corrected chi connectivity index (χ0v) is 16.6. The monoisotopic (exact) mass is 412 g/mol. The van der Waals surface area contributed by atoms with Crippen LogP contribution in [0.15, 0.2) is 65.1 Å². The summed E-state index contributed by atoms with van der Waals surface area (Å²) in [6.07, 6.45) is 0.705. The van der Waals surface area contributed by atoms with Crippen molar-refractivity contribution >= 4 is 40.2 Å². The second-order valence-corrected chi connectivity index (χ2v) is 7.64. The number of anilines is 1. The van der Waals surface area contributed by atoms with Gasteiger partial charge in [0.05, 0.1) is 18.4 Å². The lowest BCUT2D eigenvalue weighted by Crippen LogP contribution is -2.13. The molecule has 7 heteroatoms. The lowest BCUT2D eigenvalue weighted by molar-refractivity contribution is 0.0883. The van der Waals surface area contributed by atoms with E-state index in [2.05, 4.69) is 16.5 Å². The van der Waals surface area contributed by atoms with Gasteiger partial charge in [0.15, 0.2) is 6.10 Å². The maximum atomic E-state index is 12.6. The third-order valence-corrected chi connectivity index (χ3v) is 5.61. The van der Waals surface area contributed by atoms with Gasteiger partial charge in [0.1, 0.15) is 5.75 Å². The lowest BCUT2D eigenvalue weighted by atomic mass is 10.0. The molecule has 0 fully saturated rings. The standard InChI is InChI=1S/C21H17ClN2O3S/c1-26-18-9-6-14(22)11-16(18)21(25)23-15-7-4-13(5-8-15)17-12-19(27-24-17)20-3-2-10-28-20/h2-11,19H,12H2,1H3,(H,23,25). The highest BCUT2D eigenvalue weighted by Gasteiger charge is 2.24. The topological polar surface area (TPSA) is 59.9 Å². The van der Waals surface area contributed by atoms with E-state index in [4.69, 9.17) is 21.2 Å². The zero-order valence-electron chi connectivity index (χ0n) is 15.0. The molecular weight excluding hydrogens is 396 g/mol. The molecule has 0 saturated carbocycles. The average Bonchev–Trinajstić information content (AvgIpc) is 3.40. The minimum atomic E-state index is -0.286. The van der Waals surface area contributed by atoms with Crippen LogP contribution in [0.4, 0.5) is 5.69 Å². The highest BCUT2D eigenvalue weighted by molar-refractivity contribution is 7.10. The van der Waals surface area contributed by atoms with Crippen molar-refractivity contribution in [1.29, 1.82) is 0 Å². The maximum absolute atomic E-state index is 12.6. The number of methoxy groups -OCH3 is 1. The summed E-state index contributed by atoms with van der Waals surface area (Å²) in [7, 11) is 1.52. The van der Waals surface area contributed by atoms with E-state index in [1.165, 1.54) is 7.11 Å². The van der Waals surface area contributed by atoms with Gasteiger partial charge in [-0.2, -0.15) is 0 Å². The second-order valence-electron chi connectivity index (χ2n) is 6.23. The van der Waals surface area contributed by atoms with E-state index in [9.17, 15) is 4.79 Å². The number of carbonyl (C=O) groups is 1. The highest BCUT2D eigenvalue weighted by atomic mass is 35.5. The molecule has 5 nitrogen and oxygen atoms in total. The molecule has 1 aliphatic heterocycles. The summed E-state index contributed by atoms with van der Waals surface area (Å²) in [5, 5.41) is 9.58. The van der Waals surface area contributed by atoms with E-state index in [1.54, 1.807) is 29.5 Å². The van der Waals surface area contributed by atoms with E-state index < -0.39 is 0 Å². The summed E-state index contributed by atoms with van der Waals surface area (Å²) in [6.45, 7) is 0. The third kappa shape index (κ3) is 3.88. The first-order valence-corrected chi connectivity index (χ1v) is 9.91. The van der Waals surface area contributed by atoms with Crippen LogP contribution in [-0.2, 0) is 4.84 Å². The summed E-state index contributed by atoms with van der Waals surface area (Å²) in [6, 6.07) is 16.5. The number of hydrogen-bond acceptors (Lipinski definition) is 5. The van der Waals surface area contributed by atoms with Crippen LogP contribution in [0.25, 0.3) is 0 Å². The number of amides is 1. The smallest absolute Gasteiger partial charge is 0.259 e. The van der Waals surface area contributed by atoms with Gasteiger partial charge in [-0.1, -0.05) is 35.0 Å². The Bertz CT molecular complexity index is 1020. The molecule has 1 atom stereocenters. The number of ether oxygens (including phenoxy) is 1. The molecule has 4 rings (SSSR count). The molecule has 3 aromatic rings. The first-order valence-electron chi connectivity index (χ1n) is 8.65. The number of oxime groups is 1. The predicted octanol–water partition coefficient (Wildman–Crippen LogP) is 5.53. The van der Waals surface area contributed by atoms with Crippen LogP contribution >= 0.6 is 22.9 Å². The van der Waals surface area contributed by atoms with E-state index in [0.717, 1.165) is 22.6 Å². The summed E-state index contributed by atoms with van der Waals surface area (Å²) in [4.78, 5) is 19.3. The van der Waals surface area contributed by atoms with Gasteiger partial charge < -0.3 is 14.9 Å². The van der Waals surface area contributed by atoms with E-state index >= 15 is 0 Å². The third-order valence-electron chi connectivity index (χ3n) is 4.41.